The molecule has 2 N–H and O–H groups in total. The number of allylic oxidation sites excluding steroid dienone is 2. The van der Waals surface area contributed by atoms with Crippen LogP contribution in [-0.2, 0) is 20.8 Å². The van der Waals surface area contributed by atoms with E-state index in [2.05, 4.69) is 78.6 Å². The first kappa shape index (κ1) is 34.2. The van der Waals surface area contributed by atoms with Gasteiger partial charge in [0.15, 0.2) is 11.5 Å². The van der Waals surface area contributed by atoms with E-state index in [4.69, 9.17) is 9.39 Å². The number of fused-ring (bicyclic) bond motifs is 3. The van der Waals surface area contributed by atoms with Crippen LogP contribution in [0.25, 0.3) is 6.08 Å². The minimum Gasteiger partial charge on any atom is -0.504 e. The molecule has 47 heavy (non-hydrogen) atoms. The Morgan fingerprint density at radius 1 is 1.13 bits per heavy atom. The van der Waals surface area contributed by atoms with Crippen LogP contribution in [0.5, 0.6) is 11.5 Å². The van der Waals surface area contributed by atoms with Gasteiger partial charge in [-0.2, -0.15) is 0 Å². The number of piperidine rings is 1. The number of carbonyl (C=O) groups is 2. The Balaban J connectivity index is 1.18. The average molecular weight is 752 g/mol. The number of carbonyl (C=O) groups excluding carboxylic acids is 2. The first-order valence-electron chi connectivity index (χ1n) is 17.0. The van der Waals surface area contributed by atoms with Gasteiger partial charge in [0.05, 0.1) is 28.6 Å². The molecule has 2 aromatic rings. The third kappa shape index (κ3) is 7.07. The molecule has 0 unspecified atom stereocenters. The molecule has 4 atom stereocenters. The molecule has 0 spiro atoms. The monoisotopic (exact) mass is 752 g/mol. The molecule has 3 aliphatic heterocycles. The number of benzene rings is 2. The van der Waals surface area contributed by atoms with Gasteiger partial charge in [-0.15, -0.1) is 0 Å². The van der Waals surface area contributed by atoms with Crippen molar-refractivity contribution in [3.05, 3.63) is 73.9 Å². The lowest BCUT2D eigenvalue weighted by molar-refractivity contribution is -0.144. The molecule has 250 valence electrons. The fraction of sp³-hybridized carbons (Fsp3) is 0.514. The number of methoxy groups -OCH3 is 1. The molecule has 0 radical (unpaired) electrons. The summed E-state index contributed by atoms with van der Waals surface area (Å²) in [7, 11) is 0.561. The average Bonchev–Trinajstić information content (AvgIpc) is 3.30. The highest BCUT2D eigenvalue weighted by molar-refractivity contribution is 14.1. The summed E-state index contributed by atoms with van der Waals surface area (Å²) >= 11 is 2.10. The zero-order valence-corrected chi connectivity index (χ0v) is 30.0. The minimum absolute atomic E-state index is 0.0195. The van der Waals surface area contributed by atoms with E-state index in [0.717, 1.165) is 55.6 Å². The van der Waals surface area contributed by atoms with Crippen LogP contribution in [0.15, 0.2) is 59.2 Å². The van der Waals surface area contributed by atoms with Crippen molar-refractivity contribution in [2.45, 2.75) is 77.9 Å². The van der Waals surface area contributed by atoms with Gasteiger partial charge in [-0.3, -0.25) is 19.4 Å². The molecule has 3 fully saturated rings. The lowest BCUT2D eigenvalue weighted by atomic mass is 9.57. The number of phenols is 1. The summed E-state index contributed by atoms with van der Waals surface area (Å²) in [5, 5.41) is 21.2. The fourth-order valence-corrected chi connectivity index (χ4v) is 8.98. The van der Waals surface area contributed by atoms with E-state index in [1.54, 1.807) is 12.0 Å². The van der Waals surface area contributed by atoms with Crippen LogP contribution in [-0.4, -0.2) is 71.2 Å². The standard InChI is InChI=1S/C37H46BIN2O6/c1-22(2)27-19-28-34(37(44)41(36(28)43)26-12-14-40(15-13-26)21-24-8-6-5-7-9-24)29-20-38(45)47-31(33(27)29)11-10-23(3)16-25-17-30(39)35(42)32(18-25)46-4/h5-9,16-18,22,26,28-29,31,34,42,45H,10-15,19-21H2,1-4H3/b23-16+/t28-,29+,31-,34-/m1/s1. The number of amides is 2. The molecule has 8 nitrogen and oxygen atoms in total. The Bertz CT molecular complexity index is 1550. The SMILES string of the molecule is COc1cc(/C=C(\C)CC[C@H]2OB(O)C[C@H]3C2=C(C(C)C)C[C@H]2C(=O)N(C4CCN(Cc5ccccc5)CC4)C(=O)[C@H]23)cc(I)c1O. The summed E-state index contributed by atoms with van der Waals surface area (Å²) in [5.41, 5.74) is 5.70. The van der Waals surface area contributed by atoms with E-state index in [1.807, 2.05) is 18.2 Å². The van der Waals surface area contributed by atoms with Crippen molar-refractivity contribution in [2.75, 3.05) is 20.2 Å². The highest BCUT2D eigenvalue weighted by atomic mass is 127. The van der Waals surface area contributed by atoms with E-state index >= 15 is 0 Å². The van der Waals surface area contributed by atoms with E-state index in [9.17, 15) is 19.7 Å². The third-order valence-electron chi connectivity index (χ3n) is 10.6. The van der Waals surface area contributed by atoms with Crippen LogP contribution < -0.4 is 4.74 Å². The number of hydrogen-bond acceptors (Lipinski definition) is 7. The number of phenolic OH excluding ortho intramolecular Hbond substituents is 1. The quantitative estimate of drug-likeness (QED) is 0.134. The van der Waals surface area contributed by atoms with Gasteiger partial charge in [0.2, 0.25) is 11.8 Å². The molecule has 3 saturated heterocycles. The van der Waals surface area contributed by atoms with Gasteiger partial charge in [-0.1, -0.05) is 61.4 Å². The van der Waals surface area contributed by atoms with Crippen molar-refractivity contribution in [3.63, 3.8) is 0 Å². The number of hydrogen-bond donors (Lipinski definition) is 2. The Kier molecular flexibility index (Phi) is 10.5. The van der Waals surface area contributed by atoms with E-state index < -0.39 is 13.0 Å². The first-order valence-corrected chi connectivity index (χ1v) is 18.1. The molecule has 3 heterocycles. The van der Waals surface area contributed by atoms with Gasteiger partial charge in [-0.05, 0) is 109 Å². The van der Waals surface area contributed by atoms with Crippen LogP contribution in [0.1, 0.15) is 64.0 Å². The zero-order valence-electron chi connectivity index (χ0n) is 27.8. The van der Waals surface area contributed by atoms with Crippen molar-refractivity contribution in [3.8, 4) is 11.5 Å². The molecule has 0 saturated carbocycles. The van der Waals surface area contributed by atoms with E-state index in [0.29, 0.717) is 28.5 Å². The predicted molar refractivity (Wildman–Crippen MR) is 191 cm³/mol. The highest BCUT2D eigenvalue weighted by Crippen LogP contribution is 2.52. The second kappa shape index (κ2) is 14.4. The molecule has 1 aliphatic carbocycles. The second-order valence-electron chi connectivity index (χ2n) is 14.0. The number of imide groups is 1. The Morgan fingerprint density at radius 3 is 2.53 bits per heavy atom. The summed E-state index contributed by atoms with van der Waals surface area (Å²) in [6, 6.07) is 14.1. The van der Waals surface area contributed by atoms with Crippen LogP contribution in [0.2, 0.25) is 6.32 Å². The summed E-state index contributed by atoms with van der Waals surface area (Å²) in [6.07, 6.45) is 5.65. The van der Waals surface area contributed by atoms with Crippen LogP contribution in [0, 0.1) is 27.2 Å². The van der Waals surface area contributed by atoms with Crippen LogP contribution in [0.3, 0.4) is 0 Å². The van der Waals surface area contributed by atoms with Crippen molar-refractivity contribution in [1.29, 1.82) is 0 Å². The van der Waals surface area contributed by atoms with Crippen molar-refractivity contribution < 1.29 is 29.1 Å². The summed E-state index contributed by atoms with van der Waals surface area (Å²) in [5.74, 6) is -0.302. The molecule has 2 aromatic carbocycles. The first-order chi connectivity index (χ1) is 22.5. The van der Waals surface area contributed by atoms with E-state index in [1.165, 1.54) is 11.1 Å². The fourth-order valence-electron chi connectivity index (χ4n) is 8.36. The normalized spacial score (nSPS) is 25.9. The van der Waals surface area contributed by atoms with Crippen molar-refractivity contribution >= 4 is 47.6 Å². The highest BCUT2D eigenvalue weighted by Gasteiger charge is 2.58. The Labute approximate surface area is 292 Å². The van der Waals surface area contributed by atoms with Crippen LogP contribution >= 0.6 is 22.6 Å². The molecule has 4 aliphatic rings. The molecule has 2 amide bonds. The maximum Gasteiger partial charge on any atom is 0.455 e. The number of aromatic hydroxyl groups is 1. The number of ether oxygens (including phenoxy) is 1. The number of rotatable bonds is 9. The largest absolute Gasteiger partial charge is 0.504 e. The number of halogens is 1. The zero-order chi connectivity index (χ0) is 33.4. The smallest absolute Gasteiger partial charge is 0.455 e. The van der Waals surface area contributed by atoms with Gasteiger partial charge in [0.25, 0.3) is 0 Å². The predicted octanol–water partition coefficient (Wildman–Crippen LogP) is 6.31. The van der Waals surface area contributed by atoms with Crippen molar-refractivity contribution in [1.82, 2.24) is 9.80 Å². The molecule has 10 heteroatoms. The summed E-state index contributed by atoms with van der Waals surface area (Å²) in [6.45, 7) is 8.98. The maximum atomic E-state index is 14.2. The van der Waals surface area contributed by atoms with Crippen molar-refractivity contribution in [2.24, 2.45) is 23.7 Å². The number of likely N-dealkylation sites (tertiary alicyclic amines) is 2. The van der Waals surface area contributed by atoms with Gasteiger partial charge < -0.3 is 19.5 Å². The number of nitrogens with zero attached hydrogens (tertiary/aromatic N) is 2. The van der Waals surface area contributed by atoms with Gasteiger partial charge >= 0.3 is 7.12 Å². The Hall–Kier alpha value is -2.67. The lowest BCUT2D eigenvalue weighted by Gasteiger charge is -2.44. The second-order valence-corrected chi connectivity index (χ2v) is 15.2. The molecular formula is C37H46BIN2O6. The van der Waals surface area contributed by atoms with Crippen LogP contribution in [0.4, 0.5) is 0 Å². The summed E-state index contributed by atoms with van der Waals surface area (Å²) < 4.78 is 12.3. The topological polar surface area (TPSA) is 99.5 Å². The molecule has 6 rings (SSSR count). The molecule has 0 bridgehead atoms. The van der Waals surface area contributed by atoms with Gasteiger partial charge in [0, 0.05) is 25.7 Å². The van der Waals surface area contributed by atoms with Gasteiger partial charge in [-0.25, -0.2) is 0 Å². The van der Waals surface area contributed by atoms with Gasteiger partial charge in [0.1, 0.15) is 0 Å². The van der Waals surface area contributed by atoms with E-state index in [-0.39, 0.29) is 47.5 Å². The molecular weight excluding hydrogens is 706 g/mol. The minimum atomic E-state index is -0.980. The summed E-state index contributed by atoms with van der Waals surface area (Å²) in [4.78, 5) is 32.3. The third-order valence-corrected chi connectivity index (χ3v) is 11.5. The maximum absolute atomic E-state index is 14.2. The molecule has 0 aromatic heterocycles. The Morgan fingerprint density at radius 2 is 1.85 bits per heavy atom. The lowest BCUT2D eigenvalue weighted by Crippen LogP contribution is -2.48.